The topological polar surface area (TPSA) is 42.1 Å². The summed E-state index contributed by atoms with van der Waals surface area (Å²) >= 11 is 3.17. The van der Waals surface area contributed by atoms with Crippen LogP contribution in [0.4, 0.5) is 10.2 Å². The van der Waals surface area contributed by atoms with Crippen LogP contribution in [0.2, 0.25) is 0 Å². The highest BCUT2D eigenvalue weighted by atomic mass is 79.9. The standard InChI is InChI=1S/C10H15BrFN3/c1-7(13)3-4-15(2)10-9(12)5-8(11)6-14-10/h5-7H,3-4,13H2,1-2H3. The van der Waals surface area contributed by atoms with Gasteiger partial charge in [0, 0.05) is 30.3 Å². The zero-order valence-electron chi connectivity index (χ0n) is 8.87. The van der Waals surface area contributed by atoms with E-state index in [0.29, 0.717) is 16.8 Å². The van der Waals surface area contributed by atoms with Crippen molar-refractivity contribution in [2.24, 2.45) is 5.73 Å². The van der Waals surface area contributed by atoms with Gasteiger partial charge in [0.2, 0.25) is 0 Å². The second kappa shape index (κ2) is 5.42. The first-order valence-electron chi connectivity index (χ1n) is 4.78. The van der Waals surface area contributed by atoms with Gasteiger partial charge in [0.15, 0.2) is 11.6 Å². The molecule has 0 saturated carbocycles. The average molecular weight is 276 g/mol. The van der Waals surface area contributed by atoms with E-state index in [0.717, 1.165) is 6.42 Å². The molecule has 0 aliphatic heterocycles. The first kappa shape index (κ1) is 12.4. The van der Waals surface area contributed by atoms with E-state index in [4.69, 9.17) is 5.73 Å². The SMILES string of the molecule is CC(N)CCN(C)c1ncc(Br)cc1F. The summed E-state index contributed by atoms with van der Waals surface area (Å²) in [7, 11) is 1.81. The maximum absolute atomic E-state index is 13.5. The molecule has 3 nitrogen and oxygen atoms in total. The molecule has 0 radical (unpaired) electrons. The highest BCUT2D eigenvalue weighted by molar-refractivity contribution is 9.10. The molecule has 1 rings (SSSR count). The molecule has 1 atom stereocenters. The highest BCUT2D eigenvalue weighted by Crippen LogP contribution is 2.18. The monoisotopic (exact) mass is 275 g/mol. The first-order valence-corrected chi connectivity index (χ1v) is 5.57. The number of anilines is 1. The Kier molecular flexibility index (Phi) is 4.47. The van der Waals surface area contributed by atoms with E-state index in [-0.39, 0.29) is 11.9 Å². The van der Waals surface area contributed by atoms with Crippen LogP contribution >= 0.6 is 15.9 Å². The van der Waals surface area contributed by atoms with Crippen LogP contribution in [0.15, 0.2) is 16.7 Å². The van der Waals surface area contributed by atoms with Crippen molar-refractivity contribution in [3.8, 4) is 0 Å². The third-order valence-corrected chi connectivity index (χ3v) is 2.50. The van der Waals surface area contributed by atoms with Gasteiger partial charge in [0.05, 0.1) is 0 Å². The van der Waals surface area contributed by atoms with E-state index in [1.807, 2.05) is 14.0 Å². The van der Waals surface area contributed by atoms with Gasteiger partial charge in [0.1, 0.15) is 0 Å². The minimum absolute atomic E-state index is 0.117. The molecular weight excluding hydrogens is 261 g/mol. The Morgan fingerprint density at radius 2 is 2.33 bits per heavy atom. The van der Waals surface area contributed by atoms with Gasteiger partial charge in [-0.1, -0.05) is 0 Å². The van der Waals surface area contributed by atoms with Crippen molar-refractivity contribution in [2.75, 3.05) is 18.5 Å². The molecule has 0 saturated heterocycles. The molecule has 1 aromatic rings. The van der Waals surface area contributed by atoms with Crippen molar-refractivity contribution < 1.29 is 4.39 Å². The molecule has 0 aliphatic carbocycles. The molecule has 0 fully saturated rings. The average Bonchev–Trinajstić information content (AvgIpc) is 2.14. The molecular formula is C10H15BrFN3. The van der Waals surface area contributed by atoms with Crippen molar-refractivity contribution in [1.82, 2.24) is 4.98 Å². The van der Waals surface area contributed by atoms with Crippen LogP contribution in [0.3, 0.4) is 0 Å². The second-order valence-corrected chi connectivity index (χ2v) is 4.56. The molecule has 0 bridgehead atoms. The number of pyridine rings is 1. The van der Waals surface area contributed by atoms with Crippen LogP contribution in [-0.4, -0.2) is 24.6 Å². The fourth-order valence-corrected chi connectivity index (χ4v) is 1.49. The molecule has 0 aromatic carbocycles. The summed E-state index contributed by atoms with van der Waals surface area (Å²) < 4.78 is 14.1. The fraction of sp³-hybridized carbons (Fsp3) is 0.500. The zero-order valence-corrected chi connectivity index (χ0v) is 10.5. The smallest absolute Gasteiger partial charge is 0.166 e. The largest absolute Gasteiger partial charge is 0.357 e. The molecule has 15 heavy (non-hydrogen) atoms. The Morgan fingerprint density at radius 3 is 2.87 bits per heavy atom. The van der Waals surface area contributed by atoms with E-state index >= 15 is 0 Å². The number of rotatable bonds is 4. The lowest BCUT2D eigenvalue weighted by molar-refractivity contribution is 0.602. The molecule has 1 unspecified atom stereocenters. The van der Waals surface area contributed by atoms with Crippen LogP contribution in [0.25, 0.3) is 0 Å². The number of nitrogens with zero attached hydrogens (tertiary/aromatic N) is 2. The molecule has 0 aliphatic rings. The van der Waals surface area contributed by atoms with E-state index in [1.165, 1.54) is 6.07 Å². The van der Waals surface area contributed by atoms with Gasteiger partial charge < -0.3 is 10.6 Å². The lowest BCUT2D eigenvalue weighted by Gasteiger charge is -2.19. The van der Waals surface area contributed by atoms with Crippen LogP contribution in [0.5, 0.6) is 0 Å². The predicted octanol–water partition coefficient (Wildman–Crippen LogP) is 2.16. The third-order valence-electron chi connectivity index (χ3n) is 2.07. The quantitative estimate of drug-likeness (QED) is 0.916. The van der Waals surface area contributed by atoms with Gasteiger partial charge >= 0.3 is 0 Å². The molecule has 0 spiro atoms. The van der Waals surface area contributed by atoms with Crippen molar-refractivity contribution in [3.05, 3.63) is 22.6 Å². The van der Waals surface area contributed by atoms with E-state index in [9.17, 15) is 4.39 Å². The molecule has 1 heterocycles. The molecule has 1 aromatic heterocycles. The summed E-state index contributed by atoms with van der Waals surface area (Å²) in [4.78, 5) is 5.79. The van der Waals surface area contributed by atoms with E-state index in [1.54, 1.807) is 11.1 Å². The van der Waals surface area contributed by atoms with E-state index < -0.39 is 0 Å². The van der Waals surface area contributed by atoms with Crippen LogP contribution < -0.4 is 10.6 Å². The Bertz CT molecular complexity index is 330. The summed E-state index contributed by atoms with van der Waals surface area (Å²) in [5.74, 6) is 0.0374. The Balaban J connectivity index is 2.69. The summed E-state index contributed by atoms with van der Waals surface area (Å²) in [6.07, 6.45) is 2.40. The van der Waals surface area contributed by atoms with Crippen molar-refractivity contribution >= 4 is 21.7 Å². The number of aromatic nitrogens is 1. The normalized spacial score (nSPS) is 12.6. The van der Waals surface area contributed by atoms with E-state index in [2.05, 4.69) is 20.9 Å². The number of halogens is 2. The molecule has 0 amide bonds. The fourth-order valence-electron chi connectivity index (χ4n) is 1.19. The Labute approximate surface area is 97.6 Å². The molecule has 2 N–H and O–H groups in total. The lowest BCUT2D eigenvalue weighted by atomic mass is 10.2. The minimum atomic E-state index is -0.323. The maximum atomic E-state index is 13.5. The maximum Gasteiger partial charge on any atom is 0.166 e. The van der Waals surface area contributed by atoms with Gasteiger partial charge in [0.25, 0.3) is 0 Å². The first-order chi connectivity index (χ1) is 7.00. The summed E-state index contributed by atoms with van der Waals surface area (Å²) in [5.41, 5.74) is 5.63. The minimum Gasteiger partial charge on any atom is -0.357 e. The van der Waals surface area contributed by atoms with Crippen LogP contribution in [0.1, 0.15) is 13.3 Å². The second-order valence-electron chi connectivity index (χ2n) is 3.65. The van der Waals surface area contributed by atoms with Gasteiger partial charge in [-0.25, -0.2) is 9.37 Å². The van der Waals surface area contributed by atoms with Gasteiger partial charge in [-0.3, -0.25) is 0 Å². The highest BCUT2D eigenvalue weighted by Gasteiger charge is 2.09. The third kappa shape index (κ3) is 3.76. The van der Waals surface area contributed by atoms with Crippen molar-refractivity contribution in [1.29, 1.82) is 0 Å². The van der Waals surface area contributed by atoms with Gasteiger partial charge in [-0.2, -0.15) is 0 Å². The van der Waals surface area contributed by atoms with Crippen LogP contribution in [-0.2, 0) is 0 Å². The van der Waals surface area contributed by atoms with Crippen molar-refractivity contribution in [3.63, 3.8) is 0 Å². The predicted molar refractivity (Wildman–Crippen MR) is 63.4 cm³/mol. The number of hydrogen-bond donors (Lipinski definition) is 1. The number of hydrogen-bond acceptors (Lipinski definition) is 3. The summed E-state index contributed by atoms with van der Waals surface area (Å²) in [6, 6.07) is 1.52. The van der Waals surface area contributed by atoms with Gasteiger partial charge in [-0.05, 0) is 35.3 Å². The van der Waals surface area contributed by atoms with Crippen molar-refractivity contribution in [2.45, 2.75) is 19.4 Å². The molecule has 84 valence electrons. The molecule has 5 heteroatoms. The van der Waals surface area contributed by atoms with Gasteiger partial charge in [-0.15, -0.1) is 0 Å². The number of nitrogens with two attached hydrogens (primary N) is 1. The summed E-state index contributed by atoms with van der Waals surface area (Å²) in [5, 5.41) is 0. The Hall–Kier alpha value is -0.680. The lowest BCUT2D eigenvalue weighted by Crippen LogP contribution is -2.27. The zero-order chi connectivity index (χ0) is 11.4. The summed E-state index contributed by atoms with van der Waals surface area (Å²) in [6.45, 7) is 2.63. The Morgan fingerprint density at radius 1 is 1.67 bits per heavy atom. The van der Waals surface area contributed by atoms with Crippen LogP contribution in [0, 0.1) is 5.82 Å².